The molecule has 0 bridgehead atoms. The molecule has 1 nitrogen and oxygen atoms in total. The summed E-state index contributed by atoms with van der Waals surface area (Å²) in [6, 6.07) is 0. The number of allylic oxidation sites excluding steroid dienone is 2. The second-order valence-corrected chi connectivity index (χ2v) is 3.91. The van der Waals surface area contributed by atoms with E-state index in [9.17, 15) is 0 Å². The lowest BCUT2D eigenvalue weighted by atomic mass is 9.84. The first-order valence-electron chi connectivity index (χ1n) is 5.09. The van der Waals surface area contributed by atoms with Crippen molar-refractivity contribution in [3.05, 3.63) is 12.2 Å². The lowest BCUT2D eigenvalue weighted by molar-refractivity contribution is 0.166. The Hall–Kier alpha value is -0.300. The molecule has 1 aliphatic heterocycles. The van der Waals surface area contributed by atoms with Gasteiger partial charge in [0.1, 0.15) is 0 Å². The SMILES string of the molecule is C/C=C/C1CCN(C)CC1CC. The van der Waals surface area contributed by atoms with Gasteiger partial charge in [-0.1, -0.05) is 25.5 Å². The van der Waals surface area contributed by atoms with E-state index in [1.54, 1.807) is 0 Å². The average molecular weight is 167 g/mol. The van der Waals surface area contributed by atoms with Crippen molar-refractivity contribution >= 4 is 0 Å². The van der Waals surface area contributed by atoms with Crippen LogP contribution in [0.5, 0.6) is 0 Å². The van der Waals surface area contributed by atoms with Crippen molar-refractivity contribution in [1.82, 2.24) is 4.90 Å². The van der Waals surface area contributed by atoms with Crippen LogP contribution in [-0.2, 0) is 0 Å². The van der Waals surface area contributed by atoms with Crippen LogP contribution >= 0.6 is 0 Å². The third-order valence-electron chi connectivity index (χ3n) is 2.96. The average Bonchev–Trinajstić information content (AvgIpc) is 2.08. The lowest BCUT2D eigenvalue weighted by Crippen LogP contribution is -2.36. The highest BCUT2D eigenvalue weighted by molar-refractivity contribution is 4.92. The summed E-state index contributed by atoms with van der Waals surface area (Å²) in [7, 11) is 2.23. The summed E-state index contributed by atoms with van der Waals surface area (Å²) in [5, 5.41) is 0. The Bertz CT molecular complexity index is 151. The molecule has 1 saturated heterocycles. The zero-order chi connectivity index (χ0) is 8.97. The van der Waals surface area contributed by atoms with Crippen LogP contribution in [0, 0.1) is 11.8 Å². The van der Waals surface area contributed by atoms with E-state index in [4.69, 9.17) is 0 Å². The molecule has 70 valence electrons. The highest BCUT2D eigenvalue weighted by Gasteiger charge is 2.23. The number of hydrogen-bond acceptors (Lipinski definition) is 1. The first kappa shape index (κ1) is 9.79. The van der Waals surface area contributed by atoms with E-state index >= 15 is 0 Å². The third-order valence-corrected chi connectivity index (χ3v) is 2.96. The summed E-state index contributed by atoms with van der Waals surface area (Å²) in [5.74, 6) is 1.73. The predicted octanol–water partition coefficient (Wildman–Crippen LogP) is 2.54. The number of rotatable bonds is 2. The van der Waals surface area contributed by atoms with E-state index in [0.29, 0.717) is 0 Å². The van der Waals surface area contributed by atoms with Crippen LogP contribution in [0.15, 0.2) is 12.2 Å². The molecule has 0 saturated carbocycles. The molecular weight excluding hydrogens is 146 g/mol. The molecule has 1 aliphatic rings. The van der Waals surface area contributed by atoms with E-state index < -0.39 is 0 Å². The van der Waals surface area contributed by atoms with Crippen molar-refractivity contribution in [2.24, 2.45) is 11.8 Å². The van der Waals surface area contributed by atoms with Gasteiger partial charge in [0.15, 0.2) is 0 Å². The van der Waals surface area contributed by atoms with Gasteiger partial charge in [-0.05, 0) is 38.8 Å². The van der Waals surface area contributed by atoms with Crippen LogP contribution in [0.3, 0.4) is 0 Å². The molecule has 1 fully saturated rings. The maximum atomic E-state index is 2.45. The molecule has 1 rings (SSSR count). The smallest absolute Gasteiger partial charge is 0.00121 e. The monoisotopic (exact) mass is 167 g/mol. The van der Waals surface area contributed by atoms with E-state index in [1.807, 2.05) is 0 Å². The Morgan fingerprint density at radius 1 is 1.50 bits per heavy atom. The summed E-state index contributed by atoms with van der Waals surface area (Å²) in [5.41, 5.74) is 0. The fraction of sp³-hybridized carbons (Fsp3) is 0.818. The highest BCUT2D eigenvalue weighted by Crippen LogP contribution is 2.26. The molecule has 2 unspecified atom stereocenters. The van der Waals surface area contributed by atoms with E-state index in [-0.39, 0.29) is 0 Å². The van der Waals surface area contributed by atoms with Gasteiger partial charge in [0.2, 0.25) is 0 Å². The van der Waals surface area contributed by atoms with Gasteiger partial charge >= 0.3 is 0 Å². The molecule has 0 aromatic rings. The molecule has 1 heterocycles. The summed E-state index contributed by atoms with van der Waals surface area (Å²) in [6.07, 6.45) is 7.26. The summed E-state index contributed by atoms with van der Waals surface area (Å²) in [4.78, 5) is 2.45. The Morgan fingerprint density at radius 2 is 2.25 bits per heavy atom. The van der Waals surface area contributed by atoms with Crippen molar-refractivity contribution in [3.63, 3.8) is 0 Å². The zero-order valence-corrected chi connectivity index (χ0v) is 8.59. The van der Waals surface area contributed by atoms with E-state index in [2.05, 4.69) is 37.9 Å². The van der Waals surface area contributed by atoms with Gasteiger partial charge in [0.05, 0.1) is 0 Å². The molecule has 2 atom stereocenters. The fourth-order valence-electron chi connectivity index (χ4n) is 2.16. The van der Waals surface area contributed by atoms with Crippen LogP contribution in [0.2, 0.25) is 0 Å². The van der Waals surface area contributed by atoms with E-state index in [1.165, 1.54) is 25.9 Å². The van der Waals surface area contributed by atoms with E-state index in [0.717, 1.165) is 11.8 Å². The number of hydrogen-bond donors (Lipinski definition) is 0. The van der Waals surface area contributed by atoms with Crippen LogP contribution in [0.4, 0.5) is 0 Å². The zero-order valence-electron chi connectivity index (χ0n) is 8.59. The minimum atomic E-state index is 0.844. The Morgan fingerprint density at radius 3 is 2.83 bits per heavy atom. The van der Waals surface area contributed by atoms with Gasteiger partial charge in [-0.15, -0.1) is 0 Å². The highest BCUT2D eigenvalue weighted by atomic mass is 15.1. The molecule has 0 aromatic carbocycles. The topological polar surface area (TPSA) is 3.24 Å². The standard InChI is InChI=1S/C11H21N/c1-4-6-11-7-8-12(3)9-10(11)5-2/h4,6,10-11H,5,7-9H2,1-3H3/b6-4+. The van der Waals surface area contributed by atoms with Gasteiger partial charge < -0.3 is 4.90 Å². The van der Waals surface area contributed by atoms with Crippen LogP contribution < -0.4 is 0 Å². The van der Waals surface area contributed by atoms with Crippen LogP contribution in [-0.4, -0.2) is 25.0 Å². The normalized spacial score (nSPS) is 32.9. The van der Waals surface area contributed by atoms with Gasteiger partial charge in [-0.25, -0.2) is 0 Å². The van der Waals surface area contributed by atoms with Crippen molar-refractivity contribution in [2.45, 2.75) is 26.7 Å². The second-order valence-electron chi connectivity index (χ2n) is 3.91. The maximum absolute atomic E-state index is 2.45. The number of piperidine rings is 1. The quantitative estimate of drug-likeness (QED) is 0.571. The van der Waals surface area contributed by atoms with Gasteiger partial charge in [-0.3, -0.25) is 0 Å². The van der Waals surface area contributed by atoms with Crippen molar-refractivity contribution < 1.29 is 0 Å². The molecule has 1 heteroatoms. The van der Waals surface area contributed by atoms with Gasteiger partial charge in [0.25, 0.3) is 0 Å². The lowest BCUT2D eigenvalue weighted by Gasteiger charge is -2.34. The van der Waals surface area contributed by atoms with Crippen LogP contribution in [0.1, 0.15) is 26.7 Å². The second kappa shape index (κ2) is 4.66. The van der Waals surface area contributed by atoms with Gasteiger partial charge in [0, 0.05) is 6.54 Å². The van der Waals surface area contributed by atoms with Crippen molar-refractivity contribution in [3.8, 4) is 0 Å². The Kier molecular flexibility index (Phi) is 3.80. The molecule has 12 heavy (non-hydrogen) atoms. The minimum absolute atomic E-state index is 0.844. The van der Waals surface area contributed by atoms with Gasteiger partial charge in [-0.2, -0.15) is 0 Å². The minimum Gasteiger partial charge on any atom is -0.306 e. The molecule has 0 N–H and O–H groups in total. The van der Waals surface area contributed by atoms with Crippen molar-refractivity contribution in [2.75, 3.05) is 20.1 Å². The summed E-state index contributed by atoms with van der Waals surface area (Å²) < 4.78 is 0. The van der Waals surface area contributed by atoms with Crippen LogP contribution in [0.25, 0.3) is 0 Å². The molecular formula is C11H21N. The molecule has 0 aliphatic carbocycles. The molecule has 0 aromatic heterocycles. The largest absolute Gasteiger partial charge is 0.306 e. The number of likely N-dealkylation sites (tertiary alicyclic amines) is 1. The molecule has 0 spiro atoms. The third kappa shape index (κ3) is 2.34. The first-order valence-corrected chi connectivity index (χ1v) is 5.09. The summed E-state index contributed by atoms with van der Waals surface area (Å²) in [6.45, 7) is 6.99. The number of nitrogens with zero attached hydrogens (tertiary/aromatic N) is 1. The summed E-state index contributed by atoms with van der Waals surface area (Å²) >= 11 is 0. The Labute approximate surface area is 76.5 Å². The molecule has 0 amide bonds. The Balaban J connectivity index is 2.50. The first-order chi connectivity index (χ1) is 5.77. The van der Waals surface area contributed by atoms with Crippen molar-refractivity contribution in [1.29, 1.82) is 0 Å². The molecule has 0 radical (unpaired) electrons. The maximum Gasteiger partial charge on any atom is 0.00121 e. The fourth-order valence-corrected chi connectivity index (χ4v) is 2.16. The predicted molar refractivity (Wildman–Crippen MR) is 54.2 cm³/mol.